The van der Waals surface area contributed by atoms with E-state index in [4.69, 9.17) is 4.74 Å². The zero-order valence-electron chi connectivity index (χ0n) is 33.7. The molecule has 0 heterocycles. The Labute approximate surface area is 320 Å². The number of unbranched alkanes of at least 4 members (excludes halogenated alkanes) is 16. The zero-order chi connectivity index (χ0) is 38.2. The van der Waals surface area contributed by atoms with Crippen LogP contribution < -0.4 is 5.32 Å². The maximum absolute atomic E-state index is 13.1. The smallest absolute Gasteiger partial charge is 0.306 e. The minimum absolute atomic E-state index is 0.0346. The number of rotatable bonds is 36. The van der Waals surface area contributed by atoms with Gasteiger partial charge in [-0.3, -0.25) is 9.59 Å². The van der Waals surface area contributed by atoms with Gasteiger partial charge in [0.15, 0.2) is 0 Å². The van der Waals surface area contributed by atoms with Crippen LogP contribution in [0.1, 0.15) is 181 Å². The quantitative estimate of drug-likeness (QED) is 0.0259. The number of ether oxygens (including phenoxy) is 1. The van der Waals surface area contributed by atoms with Gasteiger partial charge in [0.25, 0.3) is 0 Å². The lowest BCUT2D eigenvalue weighted by Crippen LogP contribution is -2.46. The van der Waals surface area contributed by atoms with E-state index in [1.807, 2.05) is 54.7 Å². The molecule has 3 atom stereocenters. The number of allylic oxidation sites excluding steroid dienone is 12. The highest BCUT2D eigenvalue weighted by Gasteiger charge is 2.24. The summed E-state index contributed by atoms with van der Waals surface area (Å²) in [7, 11) is 0. The number of nitrogens with one attached hydrogen (secondary N) is 1. The molecule has 0 bridgehead atoms. The molecular formula is C46H79NO5. The molecule has 0 saturated carbocycles. The Kier molecular flexibility index (Phi) is 37.5. The van der Waals surface area contributed by atoms with Crippen molar-refractivity contribution in [3.63, 3.8) is 0 Å². The lowest BCUT2D eigenvalue weighted by Gasteiger charge is -2.24. The normalized spacial score (nSPS) is 14.2. The van der Waals surface area contributed by atoms with Crippen molar-refractivity contribution in [2.75, 3.05) is 6.61 Å². The molecule has 3 N–H and O–H groups in total. The Bertz CT molecular complexity index is 995. The van der Waals surface area contributed by atoms with Crippen LogP contribution in [0.4, 0.5) is 0 Å². The van der Waals surface area contributed by atoms with Crippen molar-refractivity contribution in [1.29, 1.82) is 0 Å². The van der Waals surface area contributed by atoms with E-state index in [1.165, 1.54) is 64.2 Å². The summed E-state index contributed by atoms with van der Waals surface area (Å²) in [6.45, 7) is 6.24. The van der Waals surface area contributed by atoms with Gasteiger partial charge in [0.2, 0.25) is 5.91 Å². The predicted octanol–water partition coefficient (Wildman–Crippen LogP) is 11.9. The largest absolute Gasteiger partial charge is 0.462 e. The lowest BCUT2D eigenvalue weighted by molar-refractivity contribution is -0.151. The maximum Gasteiger partial charge on any atom is 0.306 e. The van der Waals surface area contributed by atoms with E-state index in [9.17, 15) is 19.8 Å². The van der Waals surface area contributed by atoms with Gasteiger partial charge >= 0.3 is 5.97 Å². The predicted molar refractivity (Wildman–Crippen MR) is 222 cm³/mol. The van der Waals surface area contributed by atoms with Gasteiger partial charge in [0.1, 0.15) is 6.10 Å². The number of carbonyl (C=O) groups excluding carboxylic acids is 2. The fourth-order valence-corrected chi connectivity index (χ4v) is 5.92. The Morgan fingerprint density at radius 1 is 0.577 bits per heavy atom. The first-order valence-electron chi connectivity index (χ1n) is 21.2. The summed E-state index contributed by atoms with van der Waals surface area (Å²) in [5, 5.41) is 23.5. The number of hydrogen-bond donors (Lipinski definition) is 3. The van der Waals surface area contributed by atoms with Crippen LogP contribution in [0.2, 0.25) is 0 Å². The van der Waals surface area contributed by atoms with E-state index in [0.717, 1.165) is 64.2 Å². The summed E-state index contributed by atoms with van der Waals surface area (Å²) in [4.78, 5) is 25.8. The number of carbonyl (C=O) groups is 2. The van der Waals surface area contributed by atoms with E-state index in [2.05, 4.69) is 44.3 Å². The summed E-state index contributed by atoms with van der Waals surface area (Å²) >= 11 is 0. The first-order chi connectivity index (χ1) is 25.5. The highest BCUT2D eigenvalue weighted by atomic mass is 16.5. The molecule has 6 nitrogen and oxygen atoms in total. The topological polar surface area (TPSA) is 95.9 Å². The third kappa shape index (κ3) is 34.4. The first-order valence-corrected chi connectivity index (χ1v) is 21.2. The van der Waals surface area contributed by atoms with Crippen molar-refractivity contribution >= 4 is 11.9 Å². The second-order valence-corrected chi connectivity index (χ2v) is 14.1. The lowest BCUT2D eigenvalue weighted by atomic mass is 10.0. The Morgan fingerprint density at radius 3 is 1.65 bits per heavy atom. The zero-order valence-corrected chi connectivity index (χ0v) is 33.7. The third-order valence-corrected chi connectivity index (χ3v) is 9.15. The summed E-state index contributed by atoms with van der Waals surface area (Å²) < 4.78 is 5.83. The fourth-order valence-electron chi connectivity index (χ4n) is 5.92. The van der Waals surface area contributed by atoms with Crippen LogP contribution in [0.25, 0.3) is 0 Å². The Morgan fingerprint density at radius 2 is 1.06 bits per heavy atom. The second kappa shape index (κ2) is 39.5. The Hall–Kier alpha value is -2.70. The molecule has 0 fully saturated rings. The van der Waals surface area contributed by atoms with Crippen molar-refractivity contribution in [3.8, 4) is 0 Å². The molecule has 52 heavy (non-hydrogen) atoms. The van der Waals surface area contributed by atoms with E-state index in [0.29, 0.717) is 25.7 Å². The molecule has 0 saturated heterocycles. The number of aliphatic hydroxyl groups is 2. The summed E-state index contributed by atoms with van der Waals surface area (Å²) in [6.07, 6.45) is 48.2. The monoisotopic (exact) mass is 726 g/mol. The van der Waals surface area contributed by atoms with Crippen LogP contribution >= 0.6 is 0 Å². The molecule has 0 aromatic carbocycles. The molecule has 0 aromatic rings. The van der Waals surface area contributed by atoms with Crippen LogP contribution in [0, 0.1) is 0 Å². The molecule has 6 heteroatoms. The van der Waals surface area contributed by atoms with E-state index >= 15 is 0 Å². The second-order valence-electron chi connectivity index (χ2n) is 14.1. The highest BCUT2D eigenvalue weighted by Crippen LogP contribution is 2.16. The molecule has 1 amide bonds. The van der Waals surface area contributed by atoms with Gasteiger partial charge in [-0.15, -0.1) is 0 Å². The number of amides is 1. The average Bonchev–Trinajstić information content (AvgIpc) is 3.13. The van der Waals surface area contributed by atoms with Crippen molar-refractivity contribution in [2.24, 2.45) is 0 Å². The van der Waals surface area contributed by atoms with Gasteiger partial charge in [0, 0.05) is 6.42 Å². The highest BCUT2D eigenvalue weighted by molar-refractivity contribution is 5.77. The molecule has 0 aliphatic heterocycles. The molecule has 0 rings (SSSR count). The molecule has 0 aliphatic rings. The van der Waals surface area contributed by atoms with E-state index in [1.54, 1.807) is 0 Å². The van der Waals surface area contributed by atoms with Crippen LogP contribution in [0.3, 0.4) is 0 Å². The summed E-state index contributed by atoms with van der Waals surface area (Å²) in [6, 6.07) is -0.720. The molecule has 3 unspecified atom stereocenters. The standard InChI is InChI=1S/C46H79NO5/c1-4-7-10-13-16-19-22-23-24-27-30-33-36-39-46(51)52-42(37-34-31-28-25-20-17-14-11-8-5-2)40-45(50)47-43(41-48)44(49)38-35-32-29-26-21-18-15-12-9-6-3/h7,10,13,16-17,19-20,22-24,27,30,42-44,48-49H,4-6,8-9,11-12,14-15,18,21,25-26,28-29,31-41H2,1-3H3,(H,47,50)/b10-7+,16-13+,20-17-,22-19-,24-23-,30-27+. The molecule has 0 aliphatic carbocycles. The fraction of sp³-hybridized carbons (Fsp3) is 0.696. The van der Waals surface area contributed by atoms with Gasteiger partial charge in [-0.1, -0.05) is 177 Å². The average molecular weight is 726 g/mol. The van der Waals surface area contributed by atoms with Crippen LogP contribution in [0.5, 0.6) is 0 Å². The van der Waals surface area contributed by atoms with Gasteiger partial charge in [0.05, 0.1) is 25.2 Å². The SMILES string of the molecule is CC/C=C/C=C/C=C\C=C/C=C/CCCC(=O)OC(CCCCC/C=C\CCCCC)CC(=O)NC(CO)C(O)CCCCCCCCCCCC. The van der Waals surface area contributed by atoms with Crippen LogP contribution in [-0.4, -0.2) is 46.9 Å². The molecule has 0 spiro atoms. The van der Waals surface area contributed by atoms with Crippen LogP contribution in [0.15, 0.2) is 72.9 Å². The number of hydrogen-bond acceptors (Lipinski definition) is 5. The summed E-state index contributed by atoms with van der Waals surface area (Å²) in [5.74, 6) is -0.589. The van der Waals surface area contributed by atoms with Gasteiger partial charge < -0.3 is 20.3 Å². The summed E-state index contributed by atoms with van der Waals surface area (Å²) in [5.41, 5.74) is 0. The molecule has 0 radical (unpaired) electrons. The van der Waals surface area contributed by atoms with E-state index < -0.39 is 18.2 Å². The minimum atomic E-state index is -0.803. The van der Waals surface area contributed by atoms with Crippen molar-refractivity contribution in [1.82, 2.24) is 5.32 Å². The van der Waals surface area contributed by atoms with Crippen LogP contribution in [-0.2, 0) is 14.3 Å². The van der Waals surface area contributed by atoms with Crippen molar-refractivity contribution in [3.05, 3.63) is 72.9 Å². The third-order valence-electron chi connectivity index (χ3n) is 9.15. The van der Waals surface area contributed by atoms with Gasteiger partial charge in [-0.05, 0) is 64.2 Å². The van der Waals surface area contributed by atoms with E-state index in [-0.39, 0.29) is 24.9 Å². The molecular weight excluding hydrogens is 647 g/mol. The first kappa shape index (κ1) is 49.3. The van der Waals surface area contributed by atoms with Gasteiger partial charge in [-0.2, -0.15) is 0 Å². The van der Waals surface area contributed by atoms with Crippen molar-refractivity contribution < 1.29 is 24.5 Å². The van der Waals surface area contributed by atoms with Gasteiger partial charge in [-0.25, -0.2) is 0 Å². The molecule has 0 aromatic heterocycles. The minimum Gasteiger partial charge on any atom is -0.462 e. The maximum atomic E-state index is 13.1. The molecule has 298 valence electrons. The van der Waals surface area contributed by atoms with Crippen molar-refractivity contribution in [2.45, 2.75) is 200 Å². The number of esters is 1. The number of aliphatic hydroxyl groups excluding tert-OH is 2. The Balaban J connectivity index is 4.75.